The number of imide groups is 1. The number of fused-ring (bicyclic) bond motifs is 4. The minimum absolute atomic E-state index is 0.0367. The number of anilines is 1. The van der Waals surface area contributed by atoms with Crippen LogP contribution >= 0.6 is 0 Å². The highest BCUT2D eigenvalue weighted by Gasteiger charge is 2.56. The molecule has 0 unspecified atom stereocenters. The molecule has 1 saturated heterocycles. The summed E-state index contributed by atoms with van der Waals surface area (Å²) < 4.78 is 10.8. The van der Waals surface area contributed by atoms with Crippen molar-refractivity contribution in [2.45, 2.75) is 25.7 Å². The lowest BCUT2D eigenvalue weighted by molar-refractivity contribution is -0.123. The Morgan fingerprint density at radius 2 is 1.63 bits per heavy atom. The second-order valence-corrected chi connectivity index (χ2v) is 13.5. The van der Waals surface area contributed by atoms with Gasteiger partial charge >= 0.3 is 0 Å². The third-order valence-electron chi connectivity index (χ3n) is 10.8. The van der Waals surface area contributed by atoms with Gasteiger partial charge < -0.3 is 14.6 Å². The number of benzene rings is 4. The largest absolute Gasteiger partial charge is 0.507 e. The van der Waals surface area contributed by atoms with Crippen molar-refractivity contribution >= 4 is 52.0 Å². The number of methoxy groups -OCH3 is 2. The van der Waals surface area contributed by atoms with Gasteiger partial charge in [0.05, 0.1) is 31.7 Å². The van der Waals surface area contributed by atoms with Crippen molar-refractivity contribution in [1.29, 1.82) is 0 Å². The van der Waals surface area contributed by atoms with Crippen LogP contribution in [-0.4, -0.2) is 42.7 Å². The smallest absolute Gasteiger partial charge is 0.238 e. The van der Waals surface area contributed by atoms with Gasteiger partial charge in [0.2, 0.25) is 11.8 Å². The van der Waals surface area contributed by atoms with Crippen molar-refractivity contribution in [2.24, 2.45) is 17.8 Å². The second kappa shape index (κ2) is 12.4. The first kappa shape index (κ1) is 32.2. The van der Waals surface area contributed by atoms with Crippen molar-refractivity contribution in [3.63, 3.8) is 0 Å². The zero-order valence-corrected chi connectivity index (χ0v) is 28.4. The zero-order chi connectivity index (χ0) is 35.6. The number of phenolic OH excluding ortho intramolecular Hbond substituents is 1. The van der Waals surface area contributed by atoms with Gasteiger partial charge in [-0.2, -0.15) is 0 Å². The van der Waals surface area contributed by atoms with Crippen LogP contribution in [0.25, 0.3) is 22.9 Å². The molecule has 4 aromatic carbocycles. The van der Waals surface area contributed by atoms with Crippen LogP contribution in [0.5, 0.6) is 17.2 Å². The first-order valence-corrected chi connectivity index (χ1v) is 17.0. The van der Waals surface area contributed by atoms with Gasteiger partial charge in [-0.3, -0.25) is 24.1 Å². The molecule has 0 aromatic heterocycles. The number of carbonyl (C=O) groups excluding carboxylic acids is 4. The van der Waals surface area contributed by atoms with Crippen LogP contribution in [0.15, 0.2) is 113 Å². The molecule has 0 spiro atoms. The summed E-state index contributed by atoms with van der Waals surface area (Å²) in [6.07, 6.45) is 7.65. The molecule has 0 saturated carbocycles. The second-order valence-electron chi connectivity index (χ2n) is 13.5. The van der Waals surface area contributed by atoms with Crippen molar-refractivity contribution in [3.8, 4) is 17.2 Å². The summed E-state index contributed by atoms with van der Waals surface area (Å²) in [7, 11) is 3.21. The molecule has 1 fully saturated rings. The lowest BCUT2D eigenvalue weighted by atomic mass is 9.59. The molecule has 4 aliphatic rings. The van der Waals surface area contributed by atoms with E-state index >= 15 is 0 Å². The number of nitrogens with zero attached hydrogens (tertiary/aromatic N) is 1. The number of hydrogen-bond donors (Lipinski definition) is 1. The molecule has 1 N–H and O–H groups in total. The predicted molar refractivity (Wildman–Crippen MR) is 194 cm³/mol. The fourth-order valence-corrected chi connectivity index (χ4v) is 8.39. The molecular formula is C43H35NO7. The van der Waals surface area contributed by atoms with Gasteiger partial charge in [0.1, 0.15) is 17.2 Å². The Kier molecular flexibility index (Phi) is 7.82. The van der Waals surface area contributed by atoms with E-state index in [1.807, 2.05) is 78.9 Å². The van der Waals surface area contributed by atoms with E-state index < -0.39 is 23.7 Å². The molecule has 3 aliphatic carbocycles. The van der Waals surface area contributed by atoms with Gasteiger partial charge in [-0.1, -0.05) is 72.3 Å². The number of hydrogen-bond acceptors (Lipinski definition) is 7. The van der Waals surface area contributed by atoms with E-state index in [1.165, 1.54) is 11.0 Å². The summed E-state index contributed by atoms with van der Waals surface area (Å²) >= 11 is 0. The molecule has 0 bridgehead atoms. The molecule has 2 amide bonds. The Hall–Kier alpha value is -6.02. The molecule has 8 nitrogen and oxygen atoms in total. The third-order valence-corrected chi connectivity index (χ3v) is 10.8. The number of rotatable bonds is 6. The minimum Gasteiger partial charge on any atom is -0.507 e. The molecule has 254 valence electrons. The van der Waals surface area contributed by atoms with E-state index in [0.29, 0.717) is 51.3 Å². The van der Waals surface area contributed by atoms with Crippen LogP contribution in [-0.2, 0) is 19.2 Å². The standard InChI is InChI=1S/C43H35NO7/c1-23-20-35(45)39-34(40(23)46)22-33-30(37(39)31-16-12-25-6-4-5-7-29(25)41(31)47)17-18-32-38(33)43(49)44(42(32)48)27-13-9-24(10-14-27)8-11-26-21-28(50-2)15-19-36(26)51-3/h4-17,19-21,32-33,37-38,47H,18,22H2,1-3H3/t32-,33+,37+,38-/m0/s1. The van der Waals surface area contributed by atoms with E-state index in [1.54, 1.807) is 39.3 Å². The molecule has 8 heteroatoms. The molecule has 1 aliphatic heterocycles. The number of carbonyl (C=O) groups is 4. The van der Waals surface area contributed by atoms with E-state index in [4.69, 9.17) is 9.47 Å². The first-order valence-electron chi connectivity index (χ1n) is 17.0. The lowest BCUT2D eigenvalue weighted by Gasteiger charge is -2.42. The van der Waals surface area contributed by atoms with Crippen LogP contribution in [0.3, 0.4) is 0 Å². The Morgan fingerprint density at radius 3 is 2.39 bits per heavy atom. The number of allylic oxidation sites excluding steroid dienone is 6. The van der Waals surface area contributed by atoms with Crippen molar-refractivity contribution in [1.82, 2.24) is 0 Å². The fourth-order valence-electron chi connectivity index (χ4n) is 8.39. The van der Waals surface area contributed by atoms with Crippen molar-refractivity contribution in [3.05, 3.63) is 130 Å². The van der Waals surface area contributed by atoms with Gasteiger partial charge in [0.15, 0.2) is 11.6 Å². The summed E-state index contributed by atoms with van der Waals surface area (Å²) in [6, 6.07) is 23.9. The quantitative estimate of drug-likeness (QED) is 0.0983. The first-order chi connectivity index (χ1) is 24.7. The average molecular weight is 678 g/mol. The topological polar surface area (TPSA) is 110 Å². The number of Topliss-reactive ketones (excluding diaryl/α,β-unsaturated/α-hetero) is 1. The molecule has 51 heavy (non-hydrogen) atoms. The monoisotopic (exact) mass is 677 g/mol. The molecule has 4 aromatic rings. The van der Waals surface area contributed by atoms with E-state index in [9.17, 15) is 24.3 Å². The summed E-state index contributed by atoms with van der Waals surface area (Å²) in [5.74, 6) is -2.22. The predicted octanol–water partition coefficient (Wildman–Crippen LogP) is 7.37. The van der Waals surface area contributed by atoms with Crippen LogP contribution in [0.4, 0.5) is 5.69 Å². The normalized spacial score (nSPS) is 22.9. The molecule has 4 atom stereocenters. The molecule has 0 radical (unpaired) electrons. The van der Waals surface area contributed by atoms with Crippen LogP contribution in [0.1, 0.15) is 42.4 Å². The summed E-state index contributed by atoms with van der Waals surface area (Å²) in [4.78, 5) is 57.0. The maximum Gasteiger partial charge on any atom is 0.238 e. The SMILES string of the molecule is COc1ccc(OC)c(C=Cc2ccc(N3C(=O)[C@H]4[C@H](CC=C5[C@H](c6ccc7ccccc7c6O)C6=C(C[C@H]54)C(=O)C(C)=CC6=O)C3=O)cc2)c1. The summed E-state index contributed by atoms with van der Waals surface area (Å²) in [6.45, 7) is 1.62. The van der Waals surface area contributed by atoms with Gasteiger partial charge in [0, 0.05) is 39.2 Å². The average Bonchev–Trinajstić information content (AvgIpc) is 3.41. The maximum absolute atomic E-state index is 14.4. The van der Waals surface area contributed by atoms with Crippen LogP contribution in [0, 0.1) is 17.8 Å². The van der Waals surface area contributed by atoms with Gasteiger partial charge in [-0.25, -0.2) is 0 Å². The van der Waals surface area contributed by atoms with Gasteiger partial charge in [-0.15, -0.1) is 0 Å². The van der Waals surface area contributed by atoms with E-state index in [2.05, 4.69) is 0 Å². The molecule has 1 heterocycles. The zero-order valence-electron chi connectivity index (χ0n) is 28.4. The highest BCUT2D eigenvalue weighted by Crippen LogP contribution is 2.56. The number of ketones is 2. The Balaban J connectivity index is 1.14. The van der Waals surface area contributed by atoms with E-state index in [-0.39, 0.29) is 35.6 Å². The van der Waals surface area contributed by atoms with E-state index in [0.717, 1.165) is 22.1 Å². The van der Waals surface area contributed by atoms with Gasteiger partial charge in [-0.05, 0) is 73.0 Å². The number of phenols is 1. The number of aromatic hydroxyl groups is 1. The summed E-state index contributed by atoms with van der Waals surface area (Å²) in [5, 5.41) is 13.1. The molecule has 8 rings (SSSR count). The van der Waals surface area contributed by atoms with Crippen molar-refractivity contribution in [2.75, 3.05) is 19.1 Å². The summed E-state index contributed by atoms with van der Waals surface area (Å²) in [5.41, 5.74) is 4.53. The Labute approximate surface area is 295 Å². The highest BCUT2D eigenvalue weighted by atomic mass is 16.5. The van der Waals surface area contributed by atoms with Gasteiger partial charge in [0.25, 0.3) is 0 Å². The van der Waals surface area contributed by atoms with Crippen molar-refractivity contribution < 1.29 is 33.8 Å². The van der Waals surface area contributed by atoms with Crippen LogP contribution in [0.2, 0.25) is 0 Å². The number of amides is 2. The Bertz CT molecular complexity index is 2310. The lowest BCUT2D eigenvalue weighted by Crippen LogP contribution is -2.39. The highest BCUT2D eigenvalue weighted by molar-refractivity contribution is 6.25. The number of ether oxygens (including phenoxy) is 2. The third kappa shape index (κ3) is 5.12. The maximum atomic E-state index is 14.4. The van der Waals surface area contributed by atoms with Crippen LogP contribution < -0.4 is 14.4 Å². The Morgan fingerprint density at radius 1 is 0.843 bits per heavy atom. The molecular weight excluding hydrogens is 642 g/mol. The minimum atomic E-state index is -0.726. The fraction of sp³-hybridized carbons (Fsp3) is 0.209.